The van der Waals surface area contributed by atoms with E-state index in [2.05, 4.69) is 0 Å². The van der Waals surface area contributed by atoms with Crippen molar-refractivity contribution < 1.29 is 39.5 Å². The van der Waals surface area contributed by atoms with Crippen LogP contribution in [0, 0.1) is 23.7 Å². The van der Waals surface area contributed by atoms with Gasteiger partial charge in [-0.25, -0.2) is 3.63 Å². The zero-order valence-corrected chi connectivity index (χ0v) is 33.7. The Morgan fingerprint density at radius 3 is 2.04 bits per heavy atom. The molecule has 5 aromatic carbocycles. The van der Waals surface area contributed by atoms with Crippen molar-refractivity contribution in [2.75, 3.05) is 12.9 Å². The van der Waals surface area contributed by atoms with E-state index < -0.39 is 48.7 Å². The van der Waals surface area contributed by atoms with Gasteiger partial charge in [0.1, 0.15) is 11.5 Å². The molecule has 6 nitrogen and oxygen atoms in total. The van der Waals surface area contributed by atoms with E-state index in [1.165, 1.54) is 49.2 Å². The van der Waals surface area contributed by atoms with E-state index in [0.717, 1.165) is 16.5 Å². The van der Waals surface area contributed by atoms with Gasteiger partial charge < -0.3 is 4.74 Å². The van der Waals surface area contributed by atoms with E-state index in [9.17, 15) is 18.0 Å². The molecule has 0 amide bonds. The van der Waals surface area contributed by atoms with Gasteiger partial charge in [0.15, 0.2) is 5.78 Å². The Kier molecular flexibility index (Phi) is 10.6. The zero-order chi connectivity index (χ0) is 40.1. The molecule has 0 N–H and O–H groups in total. The van der Waals surface area contributed by atoms with Gasteiger partial charge in [-0.15, -0.1) is 0 Å². The van der Waals surface area contributed by atoms with Crippen molar-refractivity contribution in [3.05, 3.63) is 144 Å². The first-order valence-electron chi connectivity index (χ1n) is 18.1. The van der Waals surface area contributed by atoms with Crippen LogP contribution in [0.15, 0.2) is 146 Å². The molecular formula is C44H41F3O6S3. The Labute approximate surface area is 331 Å². The fourth-order valence-electron chi connectivity index (χ4n) is 8.30. The number of ketones is 2. The van der Waals surface area contributed by atoms with Crippen LogP contribution in [0.1, 0.15) is 60.2 Å². The lowest BCUT2D eigenvalue weighted by molar-refractivity contribution is -0.139. The Morgan fingerprint density at radius 1 is 0.839 bits per heavy atom. The number of halogens is 3. The lowest BCUT2D eigenvalue weighted by atomic mass is 9.70. The molecule has 0 heterocycles. The molecule has 0 radical (unpaired) electrons. The lowest BCUT2D eigenvalue weighted by Crippen LogP contribution is -2.42. The van der Waals surface area contributed by atoms with Crippen molar-refractivity contribution in [3.63, 3.8) is 0 Å². The third-order valence-electron chi connectivity index (χ3n) is 11.5. The summed E-state index contributed by atoms with van der Waals surface area (Å²) in [6.07, 6.45) is -3.56. The van der Waals surface area contributed by atoms with Crippen LogP contribution in [-0.2, 0) is 24.7 Å². The molecule has 0 spiro atoms. The van der Waals surface area contributed by atoms with Crippen LogP contribution in [0.4, 0.5) is 13.2 Å². The second kappa shape index (κ2) is 14.9. The molecule has 0 saturated heterocycles. The van der Waals surface area contributed by atoms with Gasteiger partial charge in [0, 0.05) is 42.0 Å². The lowest BCUT2D eigenvalue weighted by Gasteiger charge is -2.42. The topological polar surface area (TPSA) is 86.7 Å². The maximum atomic E-state index is 15.0. The number of hydrogen-bond acceptors (Lipinski definition) is 7. The van der Waals surface area contributed by atoms with E-state index in [4.69, 9.17) is 8.37 Å². The van der Waals surface area contributed by atoms with Crippen molar-refractivity contribution in [1.29, 1.82) is 0 Å². The smallest absolute Gasteiger partial charge is 0.417 e. The first-order chi connectivity index (χ1) is 26.5. The highest BCUT2D eigenvalue weighted by Crippen LogP contribution is 2.73. The molecule has 0 aliphatic heterocycles. The molecule has 292 valence electrons. The minimum absolute atomic E-state index is 0.0148. The van der Waals surface area contributed by atoms with Crippen molar-refractivity contribution in [3.8, 4) is 5.75 Å². The summed E-state index contributed by atoms with van der Waals surface area (Å²) in [6.45, 7) is 5.67. The second-order valence-corrected chi connectivity index (χ2v) is 20.5. The summed E-state index contributed by atoms with van der Waals surface area (Å²) in [7, 11) is -6.98. The number of Topliss-reactive ketones (excluding diaryl/α,β-unsaturated/α-hetero) is 1. The Balaban J connectivity index is 1.36. The number of aryl methyl sites for hydroxylation is 1. The average molecular weight is 819 g/mol. The Hall–Kier alpha value is -4.36. The molecule has 2 saturated carbocycles. The van der Waals surface area contributed by atoms with Crippen molar-refractivity contribution in [2.45, 2.75) is 70.7 Å². The highest BCUT2D eigenvalue weighted by Gasteiger charge is 2.66. The number of carbonyl (C=O) groups is 2. The minimum Gasteiger partial charge on any atom is -0.497 e. The molecule has 0 aromatic heterocycles. The molecule has 2 aliphatic rings. The molecule has 12 heteroatoms. The first kappa shape index (κ1) is 39.9. The van der Waals surface area contributed by atoms with E-state index in [1.54, 1.807) is 60.7 Å². The van der Waals surface area contributed by atoms with Crippen LogP contribution < -0.4 is 4.74 Å². The Morgan fingerprint density at radius 2 is 1.45 bits per heavy atom. The van der Waals surface area contributed by atoms with E-state index in [0.29, 0.717) is 34.6 Å². The largest absolute Gasteiger partial charge is 0.497 e. The minimum atomic E-state index is -4.87. The zero-order valence-electron chi connectivity index (χ0n) is 31.3. The van der Waals surface area contributed by atoms with Gasteiger partial charge in [0.25, 0.3) is 10.1 Å². The first-order valence-corrected chi connectivity index (χ1v) is 22.1. The maximum absolute atomic E-state index is 15.0. The summed E-state index contributed by atoms with van der Waals surface area (Å²) < 4.78 is 86.1. The predicted molar refractivity (Wildman–Crippen MR) is 212 cm³/mol. The van der Waals surface area contributed by atoms with Crippen LogP contribution in [0.5, 0.6) is 5.75 Å². The average Bonchev–Trinajstić information content (AvgIpc) is 3.52. The fraction of sp³-hybridized carbons (Fsp3) is 0.273. The molecular weight excluding hydrogens is 778 g/mol. The molecule has 2 aliphatic carbocycles. The quantitative estimate of drug-likeness (QED) is 0.116. The number of alkyl halides is 3. The number of benzene rings is 5. The molecule has 7 rings (SSSR count). The number of ether oxygens (including phenoxy) is 1. The summed E-state index contributed by atoms with van der Waals surface area (Å²) in [5.41, 5.74) is -0.986. The van der Waals surface area contributed by atoms with Crippen LogP contribution in [0.25, 0.3) is 0 Å². The second-order valence-electron chi connectivity index (χ2n) is 14.9. The highest BCUT2D eigenvalue weighted by atomic mass is 32.3. The summed E-state index contributed by atoms with van der Waals surface area (Å²) in [5.74, 6) is -0.491. The number of hydrogen-bond donors (Lipinski definition) is 0. The molecule has 56 heavy (non-hydrogen) atoms. The van der Waals surface area contributed by atoms with Gasteiger partial charge in [0.2, 0.25) is 0 Å². The predicted octanol–water partition coefficient (Wildman–Crippen LogP) is 11.3. The van der Waals surface area contributed by atoms with Crippen LogP contribution in [-0.4, -0.2) is 32.8 Å². The summed E-state index contributed by atoms with van der Waals surface area (Å²) in [4.78, 5) is 28.4. The SMILES string of the molecule is COc1ccc(S(OS(=O)(=O)CC23CCC(CC2=O)C3(C)C)(c2ccc(Sc3ccc(C)c(C(=O)c4ccccc4)c3)cc2)c2ccccc2C(F)(F)F)cc1. The van der Waals surface area contributed by atoms with E-state index >= 15 is 13.2 Å². The summed E-state index contributed by atoms with van der Waals surface area (Å²) in [6, 6.07) is 32.2. The van der Waals surface area contributed by atoms with Gasteiger partial charge in [0.05, 0.1) is 23.8 Å². The van der Waals surface area contributed by atoms with Gasteiger partial charge in [-0.3, -0.25) is 9.59 Å². The number of fused-ring (bicyclic) bond motifs is 2. The van der Waals surface area contributed by atoms with Gasteiger partial charge >= 0.3 is 6.18 Å². The van der Waals surface area contributed by atoms with E-state index in [-0.39, 0.29) is 38.6 Å². The van der Waals surface area contributed by atoms with Crippen LogP contribution in [0.3, 0.4) is 0 Å². The monoisotopic (exact) mass is 818 g/mol. The maximum Gasteiger partial charge on any atom is 0.417 e. The van der Waals surface area contributed by atoms with Gasteiger partial charge in [-0.2, -0.15) is 21.6 Å². The third kappa shape index (κ3) is 7.10. The standard InChI is InChI=1S/C44H41F3O6S3/c1-29-14-17-34(27-37(29)41(49)30-10-6-5-7-11-30)54-33-18-22-36(23-19-33)56(35-20-15-32(52-4)16-21-35,39-13-9-8-12-38(39)44(45,46)47)53-55(50,51)28-43-25-24-31(26-40(43)48)42(43,2)3/h5-23,27,31H,24-26,28H2,1-4H3. The van der Waals surface area contributed by atoms with Crippen LogP contribution >= 0.6 is 22.1 Å². The fourth-order valence-corrected chi connectivity index (χ4v) is 15.4. The molecule has 3 unspecified atom stereocenters. The normalized spacial score (nSPS) is 20.7. The number of carbonyl (C=O) groups excluding carboxylic acids is 2. The third-order valence-corrected chi connectivity index (χ3v) is 17.9. The summed E-state index contributed by atoms with van der Waals surface area (Å²) >= 11 is 1.35. The van der Waals surface area contributed by atoms with Crippen molar-refractivity contribution >= 4 is 43.8 Å². The van der Waals surface area contributed by atoms with Crippen molar-refractivity contribution in [2.24, 2.45) is 16.7 Å². The molecule has 2 fully saturated rings. The number of rotatable bonds is 12. The number of methoxy groups -OCH3 is 1. The molecule has 3 atom stereocenters. The van der Waals surface area contributed by atoms with Crippen molar-refractivity contribution in [1.82, 2.24) is 0 Å². The van der Waals surface area contributed by atoms with Crippen LogP contribution in [0.2, 0.25) is 0 Å². The molecule has 2 bridgehead atoms. The van der Waals surface area contributed by atoms with Gasteiger partial charge in [-0.05, 0) is 120 Å². The molecule has 5 aromatic rings. The highest BCUT2D eigenvalue weighted by molar-refractivity contribution is 8.33. The van der Waals surface area contributed by atoms with E-state index in [1.807, 2.05) is 45.0 Å². The Bertz CT molecular complexity index is 2400. The summed E-state index contributed by atoms with van der Waals surface area (Å²) in [5, 5.41) is 0. The van der Waals surface area contributed by atoms with Gasteiger partial charge in [-0.1, -0.05) is 74.1 Å².